The molecule has 1 heterocycles. The molecule has 2 aromatic rings. The van der Waals surface area contributed by atoms with Gasteiger partial charge in [-0.1, -0.05) is 29.8 Å². The zero-order valence-electron chi connectivity index (χ0n) is 9.15. The van der Waals surface area contributed by atoms with Crippen molar-refractivity contribution in [1.82, 2.24) is 10.4 Å². The third kappa shape index (κ3) is 3.21. The van der Waals surface area contributed by atoms with Crippen LogP contribution in [0.15, 0.2) is 46.1 Å². The van der Waals surface area contributed by atoms with Crippen LogP contribution in [0.4, 0.5) is 0 Å². The molecule has 1 aromatic heterocycles. The van der Waals surface area contributed by atoms with E-state index < -0.39 is 0 Å². The summed E-state index contributed by atoms with van der Waals surface area (Å²) in [5, 5.41) is 4.43. The molecule has 0 radical (unpaired) electrons. The minimum Gasteiger partial charge on any atom is -0.356 e. The minimum absolute atomic E-state index is 0.316. The summed E-state index contributed by atoms with van der Waals surface area (Å²) in [6, 6.07) is 8.90. The van der Waals surface area contributed by atoms with Crippen LogP contribution in [0.25, 0.3) is 0 Å². The first kappa shape index (κ1) is 12.9. The largest absolute Gasteiger partial charge is 0.356 e. The summed E-state index contributed by atoms with van der Waals surface area (Å²) in [6.45, 7) is 0. The topological polar surface area (TPSA) is 57.2 Å². The van der Waals surface area contributed by atoms with Crippen LogP contribution in [0, 0.1) is 0 Å². The van der Waals surface area contributed by atoms with Gasteiger partial charge in [0, 0.05) is 21.3 Å². The van der Waals surface area contributed by atoms with Gasteiger partial charge in [-0.05, 0) is 28.1 Å². The minimum atomic E-state index is -0.316. The van der Waals surface area contributed by atoms with Gasteiger partial charge in [0.25, 0.3) is 5.91 Å². The highest BCUT2D eigenvalue weighted by Crippen LogP contribution is 2.12. The van der Waals surface area contributed by atoms with E-state index in [1.807, 2.05) is 18.2 Å². The summed E-state index contributed by atoms with van der Waals surface area (Å²) < 4.78 is 0.808. The molecule has 1 aromatic carbocycles. The first-order chi connectivity index (χ1) is 8.66. The van der Waals surface area contributed by atoms with Gasteiger partial charge < -0.3 is 4.98 Å². The number of H-pyrrole nitrogens is 1. The van der Waals surface area contributed by atoms with E-state index in [1.165, 1.54) is 6.21 Å². The maximum atomic E-state index is 11.6. The Labute approximate surface area is 117 Å². The fourth-order valence-electron chi connectivity index (χ4n) is 1.30. The van der Waals surface area contributed by atoms with Crippen molar-refractivity contribution in [2.24, 2.45) is 5.10 Å². The van der Waals surface area contributed by atoms with Gasteiger partial charge in [-0.2, -0.15) is 5.10 Å². The molecule has 0 bridgehead atoms. The Morgan fingerprint density at radius 3 is 2.89 bits per heavy atom. The summed E-state index contributed by atoms with van der Waals surface area (Å²) >= 11 is 9.19. The third-order valence-electron chi connectivity index (χ3n) is 2.17. The lowest BCUT2D eigenvalue weighted by Gasteiger charge is -1.97. The first-order valence-electron chi connectivity index (χ1n) is 5.08. The average Bonchev–Trinajstić information content (AvgIpc) is 2.78. The molecule has 0 atom stereocenters. The molecular weight excluding hydrogens is 318 g/mol. The molecule has 0 unspecified atom stereocenters. The number of benzene rings is 1. The summed E-state index contributed by atoms with van der Waals surface area (Å²) in [5.41, 5.74) is 3.58. The fraction of sp³-hybridized carbons (Fsp3) is 0. The van der Waals surface area contributed by atoms with Crippen molar-refractivity contribution < 1.29 is 4.79 Å². The standard InChI is InChI=1S/C12H9BrClN3O/c13-9-5-11(15-7-9)12(18)17-16-6-8-3-1-2-4-10(8)14/h1-7,15H,(H,17,18)/b16-6-. The molecule has 2 rings (SSSR count). The van der Waals surface area contributed by atoms with Gasteiger partial charge in [-0.3, -0.25) is 4.79 Å². The Kier molecular flexibility index (Phi) is 4.17. The molecule has 0 saturated carbocycles. The fourth-order valence-corrected chi connectivity index (χ4v) is 1.83. The summed E-state index contributed by atoms with van der Waals surface area (Å²) in [5.74, 6) is -0.316. The molecule has 2 N–H and O–H groups in total. The van der Waals surface area contributed by atoms with Crippen molar-refractivity contribution >= 4 is 39.7 Å². The lowest BCUT2D eigenvalue weighted by molar-refractivity contribution is 0.0951. The highest BCUT2D eigenvalue weighted by Gasteiger charge is 2.05. The number of carbonyl (C=O) groups is 1. The van der Waals surface area contributed by atoms with Crippen molar-refractivity contribution in [2.45, 2.75) is 0 Å². The maximum absolute atomic E-state index is 11.6. The van der Waals surface area contributed by atoms with E-state index in [2.05, 4.69) is 31.4 Å². The van der Waals surface area contributed by atoms with Crippen LogP contribution in [0.2, 0.25) is 5.02 Å². The molecule has 1 amide bonds. The van der Waals surface area contributed by atoms with Crippen molar-refractivity contribution in [3.05, 3.63) is 57.3 Å². The van der Waals surface area contributed by atoms with E-state index >= 15 is 0 Å². The van der Waals surface area contributed by atoms with Crippen LogP contribution in [-0.2, 0) is 0 Å². The van der Waals surface area contributed by atoms with Gasteiger partial charge in [0.2, 0.25) is 0 Å². The van der Waals surface area contributed by atoms with Crippen LogP contribution in [-0.4, -0.2) is 17.1 Å². The predicted molar refractivity (Wildman–Crippen MR) is 75.0 cm³/mol. The predicted octanol–water partition coefficient (Wildman–Crippen LogP) is 3.19. The summed E-state index contributed by atoms with van der Waals surface area (Å²) in [4.78, 5) is 14.4. The number of carbonyl (C=O) groups excluding carboxylic acids is 1. The number of amides is 1. The second-order valence-electron chi connectivity index (χ2n) is 3.45. The number of hydrogen-bond donors (Lipinski definition) is 2. The monoisotopic (exact) mass is 325 g/mol. The van der Waals surface area contributed by atoms with Crippen LogP contribution in [0.1, 0.15) is 16.1 Å². The molecule has 0 spiro atoms. The van der Waals surface area contributed by atoms with E-state index in [4.69, 9.17) is 11.6 Å². The van der Waals surface area contributed by atoms with Gasteiger partial charge in [0.1, 0.15) is 5.69 Å². The zero-order valence-corrected chi connectivity index (χ0v) is 11.5. The molecule has 92 valence electrons. The van der Waals surface area contributed by atoms with Crippen molar-refractivity contribution in [2.75, 3.05) is 0 Å². The lowest BCUT2D eigenvalue weighted by atomic mass is 10.2. The second-order valence-corrected chi connectivity index (χ2v) is 4.78. The number of rotatable bonds is 3. The molecule has 0 aliphatic rings. The smallest absolute Gasteiger partial charge is 0.287 e. The van der Waals surface area contributed by atoms with Crippen LogP contribution < -0.4 is 5.43 Å². The molecule has 0 aliphatic carbocycles. The number of hydrogen-bond acceptors (Lipinski definition) is 2. The molecule has 0 saturated heterocycles. The van der Waals surface area contributed by atoms with Gasteiger partial charge in [-0.25, -0.2) is 5.43 Å². The number of nitrogens with zero attached hydrogens (tertiary/aromatic N) is 1. The Bertz CT molecular complexity index is 595. The van der Waals surface area contributed by atoms with Gasteiger partial charge in [0.15, 0.2) is 0 Å². The van der Waals surface area contributed by atoms with Gasteiger partial charge in [-0.15, -0.1) is 0 Å². The van der Waals surface area contributed by atoms with E-state index in [-0.39, 0.29) is 5.91 Å². The van der Waals surface area contributed by atoms with E-state index in [9.17, 15) is 4.79 Å². The highest BCUT2D eigenvalue weighted by atomic mass is 79.9. The maximum Gasteiger partial charge on any atom is 0.287 e. The van der Waals surface area contributed by atoms with Gasteiger partial charge >= 0.3 is 0 Å². The Morgan fingerprint density at radius 2 is 2.22 bits per heavy atom. The molecular formula is C12H9BrClN3O. The molecule has 4 nitrogen and oxygen atoms in total. The number of halogens is 2. The van der Waals surface area contributed by atoms with Gasteiger partial charge in [0.05, 0.1) is 6.21 Å². The van der Waals surface area contributed by atoms with Crippen LogP contribution >= 0.6 is 27.5 Å². The summed E-state index contributed by atoms with van der Waals surface area (Å²) in [7, 11) is 0. The number of hydrazone groups is 1. The lowest BCUT2D eigenvalue weighted by Crippen LogP contribution is -2.17. The Hall–Kier alpha value is -1.59. The number of nitrogens with one attached hydrogen (secondary N) is 2. The molecule has 18 heavy (non-hydrogen) atoms. The number of aromatic amines is 1. The van der Waals surface area contributed by atoms with E-state index in [0.29, 0.717) is 10.7 Å². The molecule has 6 heteroatoms. The average molecular weight is 327 g/mol. The third-order valence-corrected chi connectivity index (χ3v) is 2.97. The molecule has 0 fully saturated rings. The zero-order chi connectivity index (χ0) is 13.0. The Morgan fingerprint density at radius 1 is 1.44 bits per heavy atom. The van der Waals surface area contributed by atoms with Crippen molar-refractivity contribution in [3.8, 4) is 0 Å². The van der Waals surface area contributed by atoms with Crippen LogP contribution in [0.5, 0.6) is 0 Å². The highest BCUT2D eigenvalue weighted by molar-refractivity contribution is 9.10. The SMILES string of the molecule is O=C(N/N=C\c1ccccc1Cl)c1cc(Br)c[nH]1. The Balaban J connectivity index is 2.00. The van der Waals surface area contributed by atoms with Crippen molar-refractivity contribution in [3.63, 3.8) is 0 Å². The number of aromatic nitrogens is 1. The summed E-state index contributed by atoms with van der Waals surface area (Å²) in [6.07, 6.45) is 3.17. The first-order valence-corrected chi connectivity index (χ1v) is 6.26. The van der Waals surface area contributed by atoms with E-state index in [1.54, 1.807) is 18.3 Å². The van der Waals surface area contributed by atoms with E-state index in [0.717, 1.165) is 10.0 Å². The van der Waals surface area contributed by atoms with Crippen LogP contribution in [0.3, 0.4) is 0 Å². The normalized spacial score (nSPS) is 10.8. The quantitative estimate of drug-likeness (QED) is 0.660. The second kappa shape index (κ2) is 5.84. The van der Waals surface area contributed by atoms with Crippen molar-refractivity contribution in [1.29, 1.82) is 0 Å². The molecule has 0 aliphatic heterocycles.